The molecule has 0 spiro atoms. The fraction of sp³-hybridized carbons (Fsp3) is 0.394. The van der Waals surface area contributed by atoms with Crippen molar-refractivity contribution in [2.75, 3.05) is 24.2 Å². The van der Waals surface area contributed by atoms with Gasteiger partial charge in [-0.1, -0.05) is 84.0 Å². The molecule has 0 radical (unpaired) electrons. The molecule has 0 aliphatic heterocycles. The molecule has 12 heteroatoms. The van der Waals surface area contributed by atoms with Crippen LogP contribution in [0, 0.1) is 0 Å². The van der Waals surface area contributed by atoms with E-state index in [0.29, 0.717) is 33.5 Å². The minimum absolute atomic E-state index is 0.0108. The summed E-state index contributed by atoms with van der Waals surface area (Å²) in [6, 6.07) is 18.6. The van der Waals surface area contributed by atoms with Crippen molar-refractivity contribution in [3.05, 3.63) is 92.9 Å². The maximum Gasteiger partial charge on any atom is 0.243 e. The second-order valence-electron chi connectivity index (χ2n) is 11.2. The van der Waals surface area contributed by atoms with Crippen molar-refractivity contribution < 1.29 is 22.7 Å². The van der Waals surface area contributed by atoms with E-state index in [1.165, 1.54) is 17.5 Å². The maximum absolute atomic E-state index is 14.1. The predicted molar refractivity (Wildman–Crippen MR) is 181 cm³/mol. The van der Waals surface area contributed by atoms with E-state index < -0.39 is 16.1 Å². The van der Waals surface area contributed by atoms with E-state index in [0.717, 1.165) is 37.5 Å². The summed E-state index contributed by atoms with van der Waals surface area (Å²) in [7, 11) is -2.22. The van der Waals surface area contributed by atoms with Gasteiger partial charge in [0.05, 0.1) is 24.1 Å². The SMILES string of the molecule is COc1ccc(N(CCCC(=O)N(Cc2ccc(Cl)cc2Cl)C(Cc2ccccc2)C(=O)NC2CCCC2)S(C)(=O)=O)cc1Cl. The summed E-state index contributed by atoms with van der Waals surface area (Å²) in [6.07, 6.45) is 5.49. The van der Waals surface area contributed by atoms with Gasteiger partial charge in [-0.15, -0.1) is 0 Å². The minimum atomic E-state index is -3.70. The van der Waals surface area contributed by atoms with Gasteiger partial charge in [0.15, 0.2) is 0 Å². The Kier molecular flexibility index (Phi) is 12.4. The molecule has 1 aliphatic carbocycles. The average molecular weight is 695 g/mol. The highest BCUT2D eigenvalue weighted by Gasteiger charge is 2.32. The Hall–Kier alpha value is -2.98. The number of hydrogen-bond acceptors (Lipinski definition) is 5. The van der Waals surface area contributed by atoms with Gasteiger partial charge >= 0.3 is 0 Å². The average Bonchev–Trinajstić information content (AvgIpc) is 3.51. The van der Waals surface area contributed by atoms with E-state index in [4.69, 9.17) is 39.5 Å². The van der Waals surface area contributed by atoms with Gasteiger partial charge in [-0.2, -0.15) is 0 Å². The quantitative estimate of drug-likeness (QED) is 0.198. The molecule has 0 saturated heterocycles. The van der Waals surface area contributed by atoms with Crippen LogP contribution in [-0.4, -0.2) is 57.1 Å². The molecule has 3 aromatic rings. The molecular formula is C33H38Cl3N3O5S. The number of carbonyl (C=O) groups excluding carboxylic acids is 2. The monoisotopic (exact) mass is 693 g/mol. The van der Waals surface area contributed by atoms with Crippen LogP contribution in [0.1, 0.15) is 49.7 Å². The van der Waals surface area contributed by atoms with E-state index in [1.54, 1.807) is 35.2 Å². The molecule has 0 bridgehead atoms. The lowest BCUT2D eigenvalue weighted by molar-refractivity contribution is -0.141. The molecule has 1 unspecified atom stereocenters. The van der Waals surface area contributed by atoms with Crippen LogP contribution in [0.15, 0.2) is 66.7 Å². The lowest BCUT2D eigenvalue weighted by atomic mass is 10.0. The molecule has 1 N–H and O–H groups in total. The van der Waals surface area contributed by atoms with Crippen LogP contribution >= 0.6 is 34.8 Å². The number of nitrogens with one attached hydrogen (secondary N) is 1. The van der Waals surface area contributed by atoms with Crippen LogP contribution in [0.25, 0.3) is 0 Å². The van der Waals surface area contributed by atoms with Crippen molar-refractivity contribution in [2.45, 2.75) is 63.6 Å². The van der Waals surface area contributed by atoms with Gasteiger partial charge in [-0.25, -0.2) is 8.42 Å². The van der Waals surface area contributed by atoms with Gasteiger partial charge in [0.25, 0.3) is 0 Å². The number of sulfonamides is 1. The van der Waals surface area contributed by atoms with Crippen molar-refractivity contribution in [3.8, 4) is 5.75 Å². The number of amides is 2. The van der Waals surface area contributed by atoms with Crippen molar-refractivity contribution >= 4 is 62.3 Å². The maximum atomic E-state index is 14.1. The molecule has 3 aromatic carbocycles. The first-order chi connectivity index (χ1) is 21.5. The molecule has 0 aromatic heterocycles. The van der Waals surface area contributed by atoms with Crippen LogP contribution in [0.2, 0.25) is 15.1 Å². The number of anilines is 1. The van der Waals surface area contributed by atoms with Crippen LogP contribution in [-0.2, 0) is 32.6 Å². The normalized spacial score (nSPS) is 14.2. The first kappa shape index (κ1) is 34.9. The number of ether oxygens (including phenoxy) is 1. The van der Waals surface area contributed by atoms with Crippen LogP contribution in [0.3, 0.4) is 0 Å². The summed E-state index contributed by atoms with van der Waals surface area (Å²) in [4.78, 5) is 29.5. The largest absolute Gasteiger partial charge is 0.495 e. The Balaban J connectivity index is 1.61. The van der Waals surface area contributed by atoms with E-state index >= 15 is 0 Å². The lowest BCUT2D eigenvalue weighted by Crippen LogP contribution is -2.52. The fourth-order valence-electron chi connectivity index (χ4n) is 5.57. The molecule has 4 rings (SSSR count). The predicted octanol–water partition coefficient (Wildman–Crippen LogP) is 6.90. The zero-order valence-electron chi connectivity index (χ0n) is 25.3. The van der Waals surface area contributed by atoms with Crippen LogP contribution in [0.5, 0.6) is 5.75 Å². The Morgan fingerprint density at radius 2 is 1.69 bits per heavy atom. The standard InChI is InChI=1S/C33H38Cl3N3O5S/c1-44-31-17-16-27(21-29(31)36)39(45(2,42)43)18-8-13-32(40)38(22-24-14-15-25(34)20-28(24)35)30(19-23-9-4-3-5-10-23)33(41)37-26-11-6-7-12-26/h3-5,9-10,14-17,20-21,26,30H,6-8,11-13,18-19,22H2,1-2H3,(H,37,41). The number of methoxy groups -OCH3 is 1. The Labute approximate surface area is 280 Å². The van der Waals surface area contributed by atoms with Gasteiger partial charge in [-0.3, -0.25) is 13.9 Å². The summed E-state index contributed by atoms with van der Waals surface area (Å²) in [5.41, 5.74) is 1.91. The molecule has 8 nitrogen and oxygen atoms in total. The van der Waals surface area contributed by atoms with Crippen molar-refractivity contribution in [1.82, 2.24) is 10.2 Å². The lowest BCUT2D eigenvalue weighted by Gasteiger charge is -2.33. The minimum Gasteiger partial charge on any atom is -0.495 e. The third-order valence-electron chi connectivity index (χ3n) is 7.90. The summed E-state index contributed by atoms with van der Waals surface area (Å²) >= 11 is 19.0. The fourth-order valence-corrected chi connectivity index (χ4v) is 7.25. The van der Waals surface area contributed by atoms with Crippen molar-refractivity contribution in [2.24, 2.45) is 0 Å². The Bertz CT molecular complexity index is 1580. The van der Waals surface area contributed by atoms with Gasteiger partial charge in [0.1, 0.15) is 11.8 Å². The van der Waals surface area contributed by atoms with Crippen LogP contribution < -0.4 is 14.4 Å². The van der Waals surface area contributed by atoms with Gasteiger partial charge in [0, 0.05) is 42.0 Å². The zero-order valence-corrected chi connectivity index (χ0v) is 28.4. The molecule has 1 fully saturated rings. The van der Waals surface area contributed by atoms with E-state index in [2.05, 4.69) is 5.32 Å². The molecule has 1 aliphatic rings. The van der Waals surface area contributed by atoms with Crippen molar-refractivity contribution in [1.29, 1.82) is 0 Å². The molecular weight excluding hydrogens is 657 g/mol. The topological polar surface area (TPSA) is 96.0 Å². The van der Waals surface area contributed by atoms with Gasteiger partial charge < -0.3 is 15.0 Å². The molecule has 45 heavy (non-hydrogen) atoms. The first-order valence-electron chi connectivity index (χ1n) is 14.8. The summed E-state index contributed by atoms with van der Waals surface area (Å²) in [5, 5.41) is 4.29. The second kappa shape index (κ2) is 16.0. The first-order valence-corrected chi connectivity index (χ1v) is 17.8. The number of halogens is 3. The molecule has 0 heterocycles. The summed E-state index contributed by atoms with van der Waals surface area (Å²) in [6.45, 7) is 0.106. The van der Waals surface area contributed by atoms with E-state index in [-0.39, 0.29) is 48.8 Å². The molecule has 2 amide bonds. The highest BCUT2D eigenvalue weighted by molar-refractivity contribution is 7.92. The van der Waals surface area contributed by atoms with Gasteiger partial charge in [0.2, 0.25) is 21.8 Å². The zero-order chi connectivity index (χ0) is 32.6. The summed E-state index contributed by atoms with van der Waals surface area (Å²) < 4.78 is 31.9. The number of rotatable bonds is 14. The number of hydrogen-bond donors (Lipinski definition) is 1. The van der Waals surface area contributed by atoms with E-state index in [1.807, 2.05) is 30.3 Å². The molecule has 1 saturated carbocycles. The third-order valence-corrected chi connectivity index (χ3v) is 9.98. The molecule has 1 atom stereocenters. The summed E-state index contributed by atoms with van der Waals surface area (Å²) in [5.74, 6) is -0.111. The third kappa shape index (κ3) is 9.75. The number of benzene rings is 3. The highest BCUT2D eigenvalue weighted by Crippen LogP contribution is 2.31. The smallest absolute Gasteiger partial charge is 0.243 e. The van der Waals surface area contributed by atoms with Crippen molar-refractivity contribution in [3.63, 3.8) is 0 Å². The highest BCUT2D eigenvalue weighted by atomic mass is 35.5. The molecule has 242 valence electrons. The Morgan fingerprint density at radius 3 is 2.31 bits per heavy atom. The Morgan fingerprint density at radius 1 is 0.978 bits per heavy atom. The number of nitrogens with zero attached hydrogens (tertiary/aromatic N) is 2. The number of carbonyl (C=O) groups is 2. The second-order valence-corrected chi connectivity index (χ2v) is 14.4. The van der Waals surface area contributed by atoms with E-state index in [9.17, 15) is 18.0 Å². The van der Waals surface area contributed by atoms with Crippen LogP contribution in [0.4, 0.5) is 5.69 Å². The van der Waals surface area contributed by atoms with Gasteiger partial charge in [-0.05, 0) is 60.7 Å².